The van der Waals surface area contributed by atoms with Crippen molar-refractivity contribution in [2.45, 2.75) is 32.4 Å². The molecule has 3 rings (SSSR count). The Kier molecular flexibility index (Phi) is 4.93. The first-order chi connectivity index (χ1) is 11.7. The van der Waals surface area contributed by atoms with Crippen LogP contribution in [0.1, 0.15) is 31.9 Å². The monoisotopic (exact) mass is 325 g/mol. The lowest BCUT2D eigenvalue weighted by atomic mass is 10.0. The zero-order valence-corrected chi connectivity index (χ0v) is 14.1. The number of hydrogen-bond acceptors (Lipinski definition) is 5. The van der Waals surface area contributed by atoms with Crippen molar-refractivity contribution in [2.75, 3.05) is 23.3 Å². The van der Waals surface area contributed by atoms with E-state index >= 15 is 0 Å². The van der Waals surface area contributed by atoms with E-state index in [9.17, 15) is 4.79 Å². The largest absolute Gasteiger partial charge is 0.352 e. The summed E-state index contributed by atoms with van der Waals surface area (Å²) in [5.41, 5.74) is 0.963. The fourth-order valence-corrected chi connectivity index (χ4v) is 2.78. The van der Waals surface area contributed by atoms with Crippen molar-refractivity contribution in [2.24, 2.45) is 0 Å². The van der Waals surface area contributed by atoms with Gasteiger partial charge in [-0.3, -0.25) is 4.79 Å². The minimum absolute atomic E-state index is 0.00231. The maximum atomic E-state index is 12.5. The molecule has 6 nitrogen and oxygen atoms in total. The molecule has 1 saturated heterocycles. The second-order valence-corrected chi connectivity index (χ2v) is 5.99. The molecule has 0 aliphatic carbocycles. The lowest BCUT2D eigenvalue weighted by Gasteiger charge is -2.36. The standard InChI is InChI=1S/C18H23N5O/c1-3-13(2)21-18-20-10-9-15(22-18)23-12-11-19-17(24)16(23)14-7-5-4-6-8-14/h4-10,13,16H,3,11-12H2,1-2H3,(H,19,24)(H,20,21,22). The quantitative estimate of drug-likeness (QED) is 0.883. The number of amides is 1. The van der Waals surface area contributed by atoms with Crippen LogP contribution in [0.4, 0.5) is 11.8 Å². The van der Waals surface area contributed by atoms with E-state index in [-0.39, 0.29) is 11.9 Å². The molecule has 1 aromatic carbocycles. The Hall–Kier alpha value is -2.63. The summed E-state index contributed by atoms with van der Waals surface area (Å²) in [4.78, 5) is 23.4. The van der Waals surface area contributed by atoms with E-state index in [0.29, 0.717) is 25.1 Å². The number of carbonyl (C=O) groups is 1. The summed E-state index contributed by atoms with van der Waals surface area (Å²) in [6.45, 7) is 5.53. The Labute approximate surface area is 142 Å². The van der Waals surface area contributed by atoms with Crippen molar-refractivity contribution in [3.8, 4) is 0 Å². The van der Waals surface area contributed by atoms with Gasteiger partial charge in [0.1, 0.15) is 11.9 Å². The van der Waals surface area contributed by atoms with Gasteiger partial charge in [0.15, 0.2) is 0 Å². The zero-order valence-electron chi connectivity index (χ0n) is 14.1. The van der Waals surface area contributed by atoms with Gasteiger partial charge in [0.25, 0.3) is 0 Å². The molecule has 2 N–H and O–H groups in total. The first-order valence-corrected chi connectivity index (χ1v) is 8.38. The van der Waals surface area contributed by atoms with Gasteiger partial charge in [0.05, 0.1) is 0 Å². The molecular formula is C18H23N5O. The molecule has 1 aliphatic heterocycles. The Bertz CT molecular complexity index is 691. The summed E-state index contributed by atoms with van der Waals surface area (Å²) in [6.07, 6.45) is 2.73. The molecule has 0 saturated carbocycles. The van der Waals surface area contributed by atoms with Gasteiger partial charge < -0.3 is 15.5 Å². The average Bonchev–Trinajstić information content (AvgIpc) is 2.62. The van der Waals surface area contributed by atoms with Gasteiger partial charge in [-0.05, 0) is 25.0 Å². The second-order valence-electron chi connectivity index (χ2n) is 5.99. The number of anilines is 2. The summed E-state index contributed by atoms with van der Waals surface area (Å²) < 4.78 is 0. The first-order valence-electron chi connectivity index (χ1n) is 8.38. The van der Waals surface area contributed by atoms with Crippen LogP contribution in [-0.2, 0) is 4.79 Å². The van der Waals surface area contributed by atoms with Crippen molar-refractivity contribution >= 4 is 17.7 Å². The predicted octanol–water partition coefficient (Wildman–Crippen LogP) is 2.36. The van der Waals surface area contributed by atoms with E-state index in [1.165, 1.54) is 0 Å². The number of nitrogens with one attached hydrogen (secondary N) is 2. The van der Waals surface area contributed by atoms with Crippen molar-refractivity contribution in [3.05, 3.63) is 48.2 Å². The van der Waals surface area contributed by atoms with Crippen molar-refractivity contribution in [1.82, 2.24) is 15.3 Å². The molecule has 2 atom stereocenters. The van der Waals surface area contributed by atoms with Crippen LogP contribution in [0.3, 0.4) is 0 Å². The van der Waals surface area contributed by atoms with Crippen LogP contribution in [0.5, 0.6) is 0 Å². The summed E-state index contributed by atoms with van der Waals surface area (Å²) in [5.74, 6) is 1.36. The van der Waals surface area contributed by atoms with Crippen molar-refractivity contribution < 1.29 is 4.79 Å². The normalized spacial score (nSPS) is 18.8. The number of piperazine rings is 1. The molecule has 2 unspecified atom stereocenters. The van der Waals surface area contributed by atoms with Crippen LogP contribution < -0.4 is 15.5 Å². The molecular weight excluding hydrogens is 302 g/mol. The van der Waals surface area contributed by atoms with Gasteiger partial charge in [-0.2, -0.15) is 4.98 Å². The number of aromatic nitrogens is 2. The average molecular weight is 325 g/mol. The highest BCUT2D eigenvalue weighted by atomic mass is 16.2. The van der Waals surface area contributed by atoms with Crippen LogP contribution in [0.2, 0.25) is 0 Å². The van der Waals surface area contributed by atoms with E-state index in [2.05, 4.69) is 34.4 Å². The van der Waals surface area contributed by atoms with Crippen LogP contribution >= 0.6 is 0 Å². The van der Waals surface area contributed by atoms with Gasteiger partial charge in [-0.15, -0.1) is 0 Å². The third-order valence-electron chi connectivity index (χ3n) is 4.25. The molecule has 6 heteroatoms. The lowest BCUT2D eigenvalue weighted by Crippen LogP contribution is -2.50. The summed E-state index contributed by atoms with van der Waals surface area (Å²) in [6, 6.07) is 11.6. The summed E-state index contributed by atoms with van der Waals surface area (Å²) in [5, 5.41) is 6.23. The molecule has 0 radical (unpaired) electrons. The van der Waals surface area contributed by atoms with E-state index in [1.54, 1.807) is 6.20 Å². The molecule has 0 spiro atoms. The Morgan fingerprint density at radius 1 is 1.33 bits per heavy atom. The smallest absolute Gasteiger partial charge is 0.247 e. The number of hydrogen-bond donors (Lipinski definition) is 2. The number of carbonyl (C=O) groups excluding carboxylic acids is 1. The number of rotatable bonds is 5. The topological polar surface area (TPSA) is 70.2 Å². The third kappa shape index (κ3) is 3.48. The van der Waals surface area contributed by atoms with E-state index < -0.39 is 0 Å². The van der Waals surface area contributed by atoms with E-state index in [0.717, 1.165) is 17.8 Å². The lowest BCUT2D eigenvalue weighted by molar-refractivity contribution is -0.123. The number of benzene rings is 1. The van der Waals surface area contributed by atoms with Gasteiger partial charge in [0, 0.05) is 25.3 Å². The van der Waals surface area contributed by atoms with Gasteiger partial charge >= 0.3 is 0 Å². The van der Waals surface area contributed by atoms with Gasteiger partial charge in [0.2, 0.25) is 11.9 Å². The molecule has 2 heterocycles. The predicted molar refractivity (Wildman–Crippen MR) is 94.9 cm³/mol. The molecule has 1 aliphatic rings. The van der Waals surface area contributed by atoms with Gasteiger partial charge in [-0.25, -0.2) is 4.98 Å². The highest BCUT2D eigenvalue weighted by Gasteiger charge is 2.32. The molecule has 1 fully saturated rings. The first kappa shape index (κ1) is 16.2. The van der Waals surface area contributed by atoms with Crippen LogP contribution in [0.25, 0.3) is 0 Å². The Balaban J connectivity index is 1.91. The summed E-state index contributed by atoms with van der Waals surface area (Å²) in [7, 11) is 0. The molecule has 24 heavy (non-hydrogen) atoms. The van der Waals surface area contributed by atoms with Crippen LogP contribution in [0.15, 0.2) is 42.6 Å². The maximum absolute atomic E-state index is 12.5. The van der Waals surface area contributed by atoms with E-state index in [1.807, 2.05) is 41.3 Å². The van der Waals surface area contributed by atoms with E-state index in [4.69, 9.17) is 0 Å². The Morgan fingerprint density at radius 2 is 2.12 bits per heavy atom. The SMILES string of the molecule is CCC(C)Nc1nccc(N2CCNC(=O)C2c2ccccc2)n1. The van der Waals surface area contributed by atoms with Crippen molar-refractivity contribution in [1.29, 1.82) is 0 Å². The van der Waals surface area contributed by atoms with Crippen LogP contribution in [-0.4, -0.2) is 35.0 Å². The molecule has 126 valence electrons. The minimum atomic E-state index is -0.369. The molecule has 0 bridgehead atoms. The van der Waals surface area contributed by atoms with Crippen LogP contribution in [0, 0.1) is 0 Å². The summed E-state index contributed by atoms with van der Waals surface area (Å²) >= 11 is 0. The molecule has 2 aromatic rings. The minimum Gasteiger partial charge on any atom is -0.352 e. The van der Waals surface area contributed by atoms with Crippen molar-refractivity contribution in [3.63, 3.8) is 0 Å². The zero-order chi connectivity index (χ0) is 16.9. The fourth-order valence-electron chi connectivity index (χ4n) is 2.78. The van der Waals surface area contributed by atoms with Gasteiger partial charge in [-0.1, -0.05) is 37.3 Å². The highest BCUT2D eigenvalue weighted by molar-refractivity contribution is 5.87. The maximum Gasteiger partial charge on any atom is 0.247 e. The fraction of sp³-hybridized carbons (Fsp3) is 0.389. The second kappa shape index (κ2) is 7.29. The Morgan fingerprint density at radius 3 is 2.88 bits per heavy atom. The number of nitrogens with zero attached hydrogens (tertiary/aromatic N) is 3. The highest BCUT2D eigenvalue weighted by Crippen LogP contribution is 2.28. The molecule has 1 aromatic heterocycles. The molecule has 1 amide bonds. The third-order valence-corrected chi connectivity index (χ3v) is 4.25.